The average Bonchev–Trinajstić information content (AvgIpc) is 2.82. The minimum atomic E-state index is -0.756. The van der Waals surface area contributed by atoms with E-state index in [-0.39, 0.29) is 6.42 Å². The Balaban J connectivity index is 1.51. The van der Waals surface area contributed by atoms with Gasteiger partial charge in [0.1, 0.15) is 12.4 Å². The molecule has 1 heterocycles. The highest BCUT2D eigenvalue weighted by Crippen LogP contribution is 2.37. The highest BCUT2D eigenvalue weighted by Gasteiger charge is 2.21. The number of nitrogens with zero attached hydrogens (tertiary/aromatic N) is 1. The van der Waals surface area contributed by atoms with E-state index in [4.69, 9.17) is 9.84 Å². The summed E-state index contributed by atoms with van der Waals surface area (Å²) in [5.41, 5.74) is 7.31. The first-order valence-electron chi connectivity index (χ1n) is 11.5. The van der Waals surface area contributed by atoms with Crippen LogP contribution in [0.1, 0.15) is 47.6 Å². The van der Waals surface area contributed by atoms with E-state index in [1.165, 1.54) is 22.4 Å². The summed E-state index contributed by atoms with van der Waals surface area (Å²) in [6.07, 6.45) is 3.85. The summed E-state index contributed by atoms with van der Waals surface area (Å²) in [4.78, 5) is 13.4. The Hall–Kier alpha value is -3.27. The molecular weight excluding hydrogens is 398 g/mol. The van der Waals surface area contributed by atoms with Crippen molar-refractivity contribution in [1.82, 2.24) is 0 Å². The lowest BCUT2D eigenvalue weighted by Gasteiger charge is -2.33. The maximum atomic E-state index is 10.9. The van der Waals surface area contributed by atoms with Gasteiger partial charge in [0.15, 0.2) is 0 Å². The van der Waals surface area contributed by atoms with Crippen molar-refractivity contribution in [2.45, 2.75) is 52.2 Å². The molecule has 4 nitrogen and oxygen atoms in total. The maximum Gasteiger partial charge on any atom is 0.303 e. The van der Waals surface area contributed by atoms with Crippen molar-refractivity contribution in [3.05, 3.63) is 94.5 Å². The molecule has 1 aliphatic heterocycles. The predicted molar refractivity (Wildman–Crippen MR) is 128 cm³/mol. The normalized spacial score (nSPS) is 13.0. The minimum Gasteiger partial charge on any atom is -0.487 e. The van der Waals surface area contributed by atoms with Crippen molar-refractivity contribution >= 4 is 11.7 Å². The molecule has 0 radical (unpaired) electrons. The first kappa shape index (κ1) is 21.9. The van der Waals surface area contributed by atoms with Crippen LogP contribution in [0.2, 0.25) is 0 Å². The van der Waals surface area contributed by atoms with E-state index in [1.54, 1.807) is 0 Å². The summed E-state index contributed by atoms with van der Waals surface area (Å²) in [6.45, 7) is 4.52. The molecule has 1 aliphatic rings. The molecule has 0 amide bonds. The second-order valence-corrected chi connectivity index (χ2v) is 8.41. The summed E-state index contributed by atoms with van der Waals surface area (Å²) < 4.78 is 6.36. The van der Waals surface area contributed by atoms with Gasteiger partial charge in [-0.1, -0.05) is 67.6 Å². The zero-order valence-corrected chi connectivity index (χ0v) is 18.7. The molecule has 1 N–H and O–H groups in total. The van der Waals surface area contributed by atoms with Gasteiger partial charge in [-0.05, 0) is 59.6 Å². The van der Waals surface area contributed by atoms with E-state index < -0.39 is 5.97 Å². The number of carbonyl (C=O) groups is 1. The van der Waals surface area contributed by atoms with Gasteiger partial charge < -0.3 is 14.7 Å². The van der Waals surface area contributed by atoms with Gasteiger partial charge >= 0.3 is 5.97 Å². The fourth-order valence-electron chi connectivity index (χ4n) is 4.52. The van der Waals surface area contributed by atoms with Crippen LogP contribution in [-0.2, 0) is 37.2 Å². The lowest BCUT2D eigenvalue weighted by Crippen LogP contribution is -2.29. The van der Waals surface area contributed by atoms with Gasteiger partial charge in [-0.2, -0.15) is 0 Å². The third kappa shape index (κ3) is 5.31. The number of aryl methyl sites for hydroxylation is 3. The van der Waals surface area contributed by atoms with Crippen molar-refractivity contribution in [1.29, 1.82) is 0 Å². The molecule has 0 bridgehead atoms. The Morgan fingerprint density at radius 3 is 2.62 bits per heavy atom. The molecule has 4 rings (SSSR count). The van der Waals surface area contributed by atoms with E-state index in [1.807, 2.05) is 0 Å². The first-order valence-corrected chi connectivity index (χ1v) is 11.5. The smallest absolute Gasteiger partial charge is 0.303 e. The van der Waals surface area contributed by atoms with Crippen LogP contribution in [0.25, 0.3) is 0 Å². The van der Waals surface area contributed by atoms with E-state index in [0.29, 0.717) is 13.0 Å². The van der Waals surface area contributed by atoms with E-state index in [9.17, 15) is 4.79 Å². The third-order valence-corrected chi connectivity index (χ3v) is 6.14. The average molecular weight is 430 g/mol. The van der Waals surface area contributed by atoms with Gasteiger partial charge in [-0.25, -0.2) is 0 Å². The van der Waals surface area contributed by atoms with Crippen molar-refractivity contribution < 1.29 is 14.6 Å². The number of hydrogen-bond donors (Lipinski definition) is 1. The summed E-state index contributed by atoms with van der Waals surface area (Å²) in [7, 11) is 0. The number of fused-ring (bicyclic) bond motifs is 1. The van der Waals surface area contributed by atoms with Crippen molar-refractivity contribution in [2.75, 3.05) is 11.4 Å². The number of rotatable bonds is 9. The van der Waals surface area contributed by atoms with Gasteiger partial charge in [0.25, 0.3) is 0 Å². The van der Waals surface area contributed by atoms with Crippen molar-refractivity contribution in [2.24, 2.45) is 0 Å². The molecule has 0 atom stereocenters. The molecule has 166 valence electrons. The Morgan fingerprint density at radius 2 is 1.84 bits per heavy atom. The molecule has 32 heavy (non-hydrogen) atoms. The number of ether oxygens (including phenoxy) is 1. The Morgan fingerprint density at radius 1 is 1.00 bits per heavy atom. The maximum absolute atomic E-state index is 10.9. The number of benzene rings is 3. The van der Waals surface area contributed by atoms with E-state index in [0.717, 1.165) is 49.2 Å². The zero-order valence-electron chi connectivity index (χ0n) is 18.7. The SMILES string of the molecule is CCc1cc(COc2cccc3c2N(Cc2ccccc2)CCC3)ccc1CCC(=O)O. The highest BCUT2D eigenvalue weighted by molar-refractivity contribution is 5.67. The number of aliphatic carboxylic acids is 1. The van der Waals surface area contributed by atoms with Crippen LogP contribution in [0, 0.1) is 0 Å². The van der Waals surface area contributed by atoms with Crippen LogP contribution in [-0.4, -0.2) is 17.6 Å². The largest absolute Gasteiger partial charge is 0.487 e. The van der Waals surface area contributed by atoms with Crippen LogP contribution in [0.4, 0.5) is 5.69 Å². The van der Waals surface area contributed by atoms with Gasteiger partial charge in [0, 0.05) is 19.5 Å². The van der Waals surface area contributed by atoms with Gasteiger partial charge in [0.2, 0.25) is 0 Å². The summed E-state index contributed by atoms with van der Waals surface area (Å²) in [5, 5.41) is 8.99. The van der Waals surface area contributed by atoms with Gasteiger partial charge in [-0.15, -0.1) is 0 Å². The molecule has 0 aromatic heterocycles. The minimum absolute atomic E-state index is 0.163. The molecule has 0 aliphatic carbocycles. The Bertz CT molecular complexity index is 1060. The Kier molecular flexibility index (Phi) is 7.10. The zero-order chi connectivity index (χ0) is 22.3. The molecule has 0 fully saturated rings. The standard InChI is InChI=1S/C28H31NO3/c1-2-23-18-22(13-14-24(23)15-16-27(30)31)20-32-26-12-6-10-25-11-7-17-29(28(25)26)19-21-8-4-3-5-9-21/h3-6,8-10,12-14,18H,2,7,11,15-17,19-20H2,1H3,(H,30,31). The van der Waals surface area contributed by atoms with Crippen LogP contribution < -0.4 is 9.64 Å². The number of anilines is 1. The van der Waals surface area contributed by atoms with Crippen LogP contribution in [0.15, 0.2) is 66.7 Å². The van der Waals surface area contributed by atoms with E-state index >= 15 is 0 Å². The molecule has 0 unspecified atom stereocenters. The number of hydrogen-bond acceptors (Lipinski definition) is 3. The fraction of sp³-hybridized carbons (Fsp3) is 0.321. The second-order valence-electron chi connectivity index (χ2n) is 8.41. The Labute approximate surface area is 190 Å². The lowest BCUT2D eigenvalue weighted by atomic mass is 9.98. The molecule has 0 spiro atoms. The monoisotopic (exact) mass is 429 g/mol. The predicted octanol–water partition coefficient (Wildman–Crippen LogP) is 5.80. The van der Waals surface area contributed by atoms with Gasteiger partial charge in [0.05, 0.1) is 5.69 Å². The topological polar surface area (TPSA) is 49.8 Å². The number of carboxylic acids is 1. The third-order valence-electron chi connectivity index (χ3n) is 6.14. The summed E-state index contributed by atoms with van der Waals surface area (Å²) in [5.74, 6) is 0.180. The molecule has 3 aromatic carbocycles. The quantitative estimate of drug-likeness (QED) is 0.467. The molecule has 4 heteroatoms. The molecular formula is C28H31NO3. The highest BCUT2D eigenvalue weighted by atomic mass is 16.5. The summed E-state index contributed by atoms with van der Waals surface area (Å²) >= 11 is 0. The molecule has 0 saturated carbocycles. The number of para-hydroxylation sites is 1. The number of carboxylic acid groups (broad SMARTS) is 1. The van der Waals surface area contributed by atoms with E-state index in [2.05, 4.69) is 78.6 Å². The van der Waals surface area contributed by atoms with Crippen LogP contribution in [0.3, 0.4) is 0 Å². The van der Waals surface area contributed by atoms with Crippen LogP contribution in [0.5, 0.6) is 5.75 Å². The lowest BCUT2D eigenvalue weighted by molar-refractivity contribution is -0.136. The van der Waals surface area contributed by atoms with Gasteiger partial charge in [-0.3, -0.25) is 4.79 Å². The molecule has 0 saturated heterocycles. The molecule has 3 aromatic rings. The first-order chi connectivity index (χ1) is 15.6. The van der Waals surface area contributed by atoms with Crippen LogP contribution >= 0.6 is 0 Å². The van der Waals surface area contributed by atoms with Crippen molar-refractivity contribution in [3.8, 4) is 5.75 Å². The van der Waals surface area contributed by atoms with Crippen molar-refractivity contribution in [3.63, 3.8) is 0 Å². The fourth-order valence-corrected chi connectivity index (χ4v) is 4.52. The summed E-state index contributed by atoms with van der Waals surface area (Å²) in [6, 6.07) is 23.3. The second kappa shape index (κ2) is 10.4.